The van der Waals surface area contributed by atoms with Crippen molar-refractivity contribution in [2.24, 2.45) is 0 Å². The molecule has 0 bridgehead atoms. The highest BCUT2D eigenvalue weighted by Crippen LogP contribution is 2.67. The Balaban J connectivity index is 1.45. The van der Waals surface area contributed by atoms with E-state index in [1.54, 1.807) is 0 Å². The average Bonchev–Trinajstić information content (AvgIpc) is 3.28. The van der Waals surface area contributed by atoms with Crippen molar-refractivity contribution in [2.45, 2.75) is 83.5 Å². The Bertz CT molecular complexity index is 659. The molecule has 4 aliphatic rings. The first-order valence-electron chi connectivity index (χ1n) is 10.4. The number of carbonyl (C=O) groups excluding carboxylic acids is 2. The Morgan fingerprint density at radius 2 is 0.700 bits per heavy atom. The third-order valence-corrected chi connectivity index (χ3v) is 19.1. The second-order valence-electron chi connectivity index (χ2n) is 7.22. The minimum absolute atomic E-state index is 0.105. The van der Waals surface area contributed by atoms with Crippen LogP contribution in [0.3, 0.4) is 0 Å². The summed E-state index contributed by atoms with van der Waals surface area (Å²) in [7, 11) is 0. The van der Waals surface area contributed by atoms with E-state index in [2.05, 4.69) is 27.7 Å². The zero-order valence-electron chi connectivity index (χ0n) is 17.4. The molecule has 4 heterocycles. The molecule has 0 saturated heterocycles. The van der Waals surface area contributed by atoms with E-state index in [1.165, 1.54) is 16.9 Å². The molecule has 166 valence electrons. The number of Topliss-reactive ketones (excluding diaryl/α,β-unsaturated/α-hetero) is 2. The molecule has 0 N–H and O–H groups in total. The monoisotopic (exact) mass is 554 g/mol. The number of hydrogen-bond donors (Lipinski definition) is 0. The zero-order chi connectivity index (χ0) is 21.4. The van der Waals surface area contributed by atoms with Gasteiger partial charge in [-0.15, -0.1) is 94.1 Å². The fourth-order valence-corrected chi connectivity index (χ4v) is 18.0. The Labute approximate surface area is 214 Å². The maximum absolute atomic E-state index is 12.8. The third kappa shape index (κ3) is 5.01. The lowest BCUT2D eigenvalue weighted by atomic mass is 10.1. The molecule has 0 radical (unpaired) electrons. The van der Waals surface area contributed by atoms with Gasteiger partial charge < -0.3 is 0 Å². The highest BCUT2D eigenvalue weighted by atomic mass is 32.3. The van der Waals surface area contributed by atoms with Crippen molar-refractivity contribution >= 4 is 106 Å². The van der Waals surface area contributed by atoms with Gasteiger partial charge in [0.1, 0.15) is 0 Å². The molecule has 10 heteroatoms. The fourth-order valence-electron chi connectivity index (χ4n) is 3.49. The molecule has 30 heavy (non-hydrogen) atoms. The molecule has 2 nitrogen and oxygen atoms in total. The Kier molecular flexibility index (Phi) is 9.00. The number of ketones is 2. The maximum atomic E-state index is 12.8. The highest BCUT2D eigenvalue weighted by molar-refractivity contribution is 8.42. The van der Waals surface area contributed by atoms with Crippen molar-refractivity contribution in [1.29, 1.82) is 0 Å². The minimum Gasteiger partial charge on any atom is -0.297 e. The van der Waals surface area contributed by atoms with Crippen LogP contribution in [0.5, 0.6) is 0 Å². The number of carbonyl (C=O) groups is 2. The Morgan fingerprint density at radius 1 is 0.467 bits per heavy atom. The first-order valence-corrected chi connectivity index (χ1v) is 17.4. The zero-order valence-corrected chi connectivity index (χ0v) is 23.9. The highest BCUT2D eigenvalue weighted by Gasteiger charge is 2.45. The van der Waals surface area contributed by atoms with Gasteiger partial charge in [0.05, 0.1) is 47.1 Å². The van der Waals surface area contributed by atoms with Crippen molar-refractivity contribution in [3.63, 3.8) is 0 Å². The summed E-state index contributed by atoms with van der Waals surface area (Å²) < 4.78 is 6.45. The van der Waals surface area contributed by atoms with E-state index in [0.717, 1.165) is 25.7 Å². The molecular weight excluding hydrogens is 529 g/mol. The van der Waals surface area contributed by atoms with E-state index in [9.17, 15) is 9.59 Å². The normalized spacial score (nSPS) is 37.3. The van der Waals surface area contributed by atoms with Crippen LogP contribution in [0.4, 0.5) is 0 Å². The van der Waals surface area contributed by atoms with Crippen LogP contribution in [0.2, 0.25) is 0 Å². The van der Waals surface area contributed by atoms with Gasteiger partial charge in [-0.05, 0) is 25.7 Å². The van der Waals surface area contributed by atoms with Crippen LogP contribution < -0.4 is 0 Å². The lowest BCUT2D eigenvalue weighted by molar-refractivity contribution is -0.118. The smallest absolute Gasteiger partial charge is 0.159 e. The van der Waals surface area contributed by atoms with Crippen LogP contribution in [-0.2, 0) is 9.59 Å². The Morgan fingerprint density at radius 3 is 0.900 bits per heavy atom. The van der Waals surface area contributed by atoms with Gasteiger partial charge in [-0.3, -0.25) is 9.59 Å². The number of rotatable bonds is 5. The first kappa shape index (κ1) is 24.7. The summed E-state index contributed by atoms with van der Waals surface area (Å²) in [6.45, 7) is 8.54. The molecule has 0 amide bonds. The SMILES string of the molecule is CCC1SC2=C(SC(CC)C1=O)SC(C1SC3=C(SC(CC)C(=O)C(CC)S3)S1)S2. The Hall–Kier alpha value is 1.62. The van der Waals surface area contributed by atoms with Gasteiger partial charge in [-0.25, -0.2) is 0 Å². The summed E-state index contributed by atoms with van der Waals surface area (Å²) in [4.78, 5) is 25.6. The van der Waals surface area contributed by atoms with Crippen LogP contribution >= 0.6 is 94.1 Å². The number of hydrogen-bond acceptors (Lipinski definition) is 10. The molecule has 0 aromatic carbocycles. The van der Waals surface area contributed by atoms with Gasteiger partial charge in [0.15, 0.2) is 11.6 Å². The molecule has 4 aliphatic heterocycles. The molecular formula is C20H26O2S8. The van der Waals surface area contributed by atoms with Gasteiger partial charge in [0, 0.05) is 0 Å². The predicted molar refractivity (Wildman–Crippen MR) is 149 cm³/mol. The summed E-state index contributed by atoms with van der Waals surface area (Å²) in [5, 5.41) is 0.420. The summed E-state index contributed by atoms with van der Waals surface area (Å²) in [5.74, 6) is 0.850. The van der Waals surface area contributed by atoms with E-state index in [1.807, 2.05) is 94.1 Å². The second kappa shape index (κ2) is 10.9. The quantitative estimate of drug-likeness (QED) is 0.333. The van der Waals surface area contributed by atoms with E-state index < -0.39 is 0 Å². The molecule has 0 fully saturated rings. The molecule has 0 saturated carbocycles. The van der Waals surface area contributed by atoms with Crippen LogP contribution in [0.15, 0.2) is 16.9 Å². The average molecular weight is 555 g/mol. The molecule has 4 unspecified atom stereocenters. The predicted octanol–water partition coefficient (Wildman–Crippen LogP) is 8.06. The van der Waals surface area contributed by atoms with Gasteiger partial charge in [0.2, 0.25) is 0 Å². The minimum atomic E-state index is 0.105. The molecule has 0 spiro atoms. The molecule has 4 atom stereocenters. The molecule has 0 aliphatic carbocycles. The molecule has 0 aromatic rings. The van der Waals surface area contributed by atoms with Crippen molar-refractivity contribution in [3.05, 3.63) is 16.9 Å². The fraction of sp³-hybridized carbons (Fsp3) is 0.700. The van der Waals surface area contributed by atoms with E-state index in [0.29, 0.717) is 20.7 Å². The molecule has 0 aromatic heterocycles. The van der Waals surface area contributed by atoms with Crippen molar-refractivity contribution in [1.82, 2.24) is 0 Å². The summed E-state index contributed by atoms with van der Waals surface area (Å²) >= 11 is 15.2. The summed E-state index contributed by atoms with van der Waals surface area (Å²) in [5.41, 5.74) is 0. The van der Waals surface area contributed by atoms with Gasteiger partial charge >= 0.3 is 0 Å². The third-order valence-electron chi connectivity index (χ3n) is 5.20. The van der Waals surface area contributed by atoms with Gasteiger partial charge in [-0.2, -0.15) is 0 Å². The lowest BCUT2D eigenvalue weighted by Gasteiger charge is -2.22. The number of thioether (sulfide) groups is 8. The van der Waals surface area contributed by atoms with E-state index in [4.69, 9.17) is 0 Å². The van der Waals surface area contributed by atoms with Crippen molar-refractivity contribution in [3.8, 4) is 0 Å². The van der Waals surface area contributed by atoms with Crippen molar-refractivity contribution < 1.29 is 9.59 Å². The topological polar surface area (TPSA) is 34.1 Å². The standard InChI is InChI=1S/C20H26O2S8/c1-5-9-13(21)10(6-2)24-16-15(23-9)27-19(28-16)20-29-17-18(30-20)26-12(8-4)14(22)11(7-3)25-17/h9-12,19-20H,5-8H2,1-4H3. The van der Waals surface area contributed by atoms with Crippen LogP contribution in [0.1, 0.15) is 53.4 Å². The van der Waals surface area contributed by atoms with E-state index >= 15 is 0 Å². The molecule has 4 rings (SSSR count). The maximum Gasteiger partial charge on any atom is 0.159 e. The van der Waals surface area contributed by atoms with Crippen LogP contribution in [0, 0.1) is 0 Å². The van der Waals surface area contributed by atoms with Gasteiger partial charge in [-0.1, -0.05) is 27.7 Å². The summed E-state index contributed by atoms with van der Waals surface area (Å²) in [6, 6.07) is 0. The van der Waals surface area contributed by atoms with Crippen LogP contribution in [0.25, 0.3) is 0 Å². The van der Waals surface area contributed by atoms with E-state index in [-0.39, 0.29) is 21.0 Å². The lowest BCUT2D eigenvalue weighted by Crippen LogP contribution is -2.26. The second-order valence-corrected chi connectivity index (χ2v) is 18.3. The van der Waals surface area contributed by atoms with Crippen molar-refractivity contribution in [2.75, 3.05) is 0 Å². The largest absolute Gasteiger partial charge is 0.297 e. The van der Waals surface area contributed by atoms with Crippen LogP contribution in [-0.4, -0.2) is 41.7 Å². The summed E-state index contributed by atoms with van der Waals surface area (Å²) in [6.07, 6.45) is 3.64. The first-order chi connectivity index (χ1) is 14.5. The van der Waals surface area contributed by atoms with Gasteiger partial charge in [0.25, 0.3) is 0 Å².